The van der Waals surface area contributed by atoms with Gasteiger partial charge in [0, 0.05) is 11.7 Å². The van der Waals surface area contributed by atoms with E-state index >= 15 is 0 Å². The van der Waals surface area contributed by atoms with Crippen LogP contribution in [0.25, 0.3) is 0 Å². The average Bonchev–Trinajstić information content (AvgIpc) is 1.95. The van der Waals surface area contributed by atoms with Gasteiger partial charge in [0.25, 0.3) is 0 Å². The van der Waals surface area contributed by atoms with Gasteiger partial charge in [0.05, 0.1) is 0 Å². The average molecular weight is 176 g/mol. The summed E-state index contributed by atoms with van der Waals surface area (Å²) in [6.45, 7) is 5.32. The van der Waals surface area contributed by atoms with Crippen molar-refractivity contribution in [3.63, 3.8) is 0 Å². The Balaban J connectivity index is 2.42. The molecule has 1 aliphatic heterocycles. The predicted molar refractivity (Wildman–Crippen MR) is 55.7 cm³/mol. The smallest absolute Gasteiger partial charge is 0.0392 e. The molecule has 1 saturated heterocycles. The Hall–Kier alpha value is -1.02. The fraction of sp³-hybridized carbons (Fsp3) is 0.455. The summed E-state index contributed by atoms with van der Waals surface area (Å²) in [6, 6.07) is 4.83. The standard InChI is InChI=1S/C11H16N2/c1-7-5-8(2)11(12)9(6-7)10-3-4-13-10/h5-6,10,13H,3-4,12H2,1-2H3. The molecule has 1 atom stereocenters. The molecule has 0 radical (unpaired) electrons. The van der Waals surface area contributed by atoms with Crippen LogP contribution in [-0.4, -0.2) is 6.54 Å². The lowest BCUT2D eigenvalue weighted by Crippen LogP contribution is -2.35. The van der Waals surface area contributed by atoms with Gasteiger partial charge in [-0.05, 0) is 37.9 Å². The van der Waals surface area contributed by atoms with Gasteiger partial charge in [-0.1, -0.05) is 17.7 Å². The first kappa shape index (κ1) is 8.57. The second-order valence-corrected chi connectivity index (χ2v) is 3.88. The van der Waals surface area contributed by atoms with Crippen molar-refractivity contribution in [2.45, 2.75) is 26.3 Å². The van der Waals surface area contributed by atoms with Crippen LogP contribution in [0.1, 0.15) is 29.2 Å². The molecule has 70 valence electrons. The molecule has 0 amide bonds. The first-order chi connectivity index (χ1) is 6.18. The number of nitrogens with two attached hydrogens (primary N) is 1. The zero-order valence-electron chi connectivity index (χ0n) is 8.22. The first-order valence-electron chi connectivity index (χ1n) is 4.78. The first-order valence-corrected chi connectivity index (χ1v) is 4.78. The quantitative estimate of drug-likeness (QED) is 0.641. The summed E-state index contributed by atoms with van der Waals surface area (Å²) in [6.07, 6.45) is 1.22. The summed E-state index contributed by atoms with van der Waals surface area (Å²) < 4.78 is 0. The molecule has 0 spiro atoms. The van der Waals surface area contributed by atoms with E-state index in [9.17, 15) is 0 Å². The highest BCUT2D eigenvalue weighted by molar-refractivity contribution is 5.56. The van der Waals surface area contributed by atoms with E-state index in [1.54, 1.807) is 0 Å². The third-order valence-electron chi connectivity index (χ3n) is 2.76. The highest BCUT2D eigenvalue weighted by atomic mass is 15.0. The van der Waals surface area contributed by atoms with Crippen molar-refractivity contribution >= 4 is 5.69 Å². The summed E-state index contributed by atoms with van der Waals surface area (Å²) >= 11 is 0. The Morgan fingerprint density at radius 1 is 1.38 bits per heavy atom. The van der Waals surface area contributed by atoms with Crippen LogP contribution in [0, 0.1) is 13.8 Å². The minimum Gasteiger partial charge on any atom is -0.398 e. The topological polar surface area (TPSA) is 38.0 Å². The van der Waals surface area contributed by atoms with Gasteiger partial charge in [0.1, 0.15) is 0 Å². The molecule has 2 heteroatoms. The largest absolute Gasteiger partial charge is 0.398 e. The Labute approximate surface area is 79.1 Å². The fourth-order valence-corrected chi connectivity index (χ4v) is 1.85. The number of nitrogen functional groups attached to an aromatic ring is 1. The van der Waals surface area contributed by atoms with Crippen LogP contribution in [0.2, 0.25) is 0 Å². The Morgan fingerprint density at radius 2 is 2.08 bits per heavy atom. The van der Waals surface area contributed by atoms with Crippen LogP contribution in [-0.2, 0) is 0 Å². The molecule has 2 rings (SSSR count). The molecule has 1 unspecified atom stereocenters. The van der Waals surface area contributed by atoms with Gasteiger partial charge in [-0.25, -0.2) is 0 Å². The number of aryl methyl sites for hydroxylation is 2. The normalized spacial score (nSPS) is 21.2. The fourth-order valence-electron chi connectivity index (χ4n) is 1.85. The number of hydrogen-bond acceptors (Lipinski definition) is 2. The van der Waals surface area contributed by atoms with Crippen LogP contribution in [0.3, 0.4) is 0 Å². The third-order valence-corrected chi connectivity index (χ3v) is 2.76. The van der Waals surface area contributed by atoms with Crippen molar-refractivity contribution in [1.82, 2.24) is 5.32 Å². The van der Waals surface area contributed by atoms with Crippen molar-refractivity contribution in [3.05, 3.63) is 28.8 Å². The SMILES string of the molecule is Cc1cc(C)c(N)c(C2CCN2)c1. The van der Waals surface area contributed by atoms with Gasteiger partial charge >= 0.3 is 0 Å². The Morgan fingerprint density at radius 3 is 2.62 bits per heavy atom. The van der Waals surface area contributed by atoms with E-state index in [1.807, 2.05) is 0 Å². The highest BCUT2D eigenvalue weighted by Crippen LogP contribution is 2.30. The van der Waals surface area contributed by atoms with E-state index in [1.165, 1.54) is 23.1 Å². The van der Waals surface area contributed by atoms with Gasteiger partial charge in [-0.15, -0.1) is 0 Å². The van der Waals surface area contributed by atoms with Crippen LogP contribution in [0.5, 0.6) is 0 Å². The molecule has 2 nitrogen and oxygen atoms in total. The number of anilines is 1. The van der Waals surface area contributed by atoms with E-state index in [4.69, 9.17) is 5.73 Å². The van der Waals surface area contributed by atoms with Crippen molar-refractivity contribution < 1.29 is 0 Å². The predicted octanol–water partition coefficient (Wildman–Crippen LogP) is 1.92. The lowest BCUT2D eigenvalue weighted by molar-refractivity contribution is 0.384. The molecule has 3 N–H and O–H groups in total. The lowest BCUT2D eigenvalue weighted by Gasteiger charge is -2.29. The molecule has 1 aromatic rings. The summed E-state index contributed by atoms with van der Waals surface area (Å²) in [4.78, 5) is 0. The maximum atomic E-state index is 6.02. The summed E-state index contributed by atoms with van der Waals surface area (Å²) in [5.74, 6) is 0. The summed E-state index contributed by atoms with van der Waals surface area (Å²) in [5, 5.41) is 3.38. The second-order valence-electron chi connectivity index (χ2n) is 3.88. The second kappa shape index (κ2) is 3.04. The van der Waals surface area contributed by atoms with Gasteiger partial charge < -0.3 is 11.1 Å². The zero-order valence-corrected chi connectivity index (χ0v) is 8.22. The van der Waals surface area contributed by atoms with E-state index < -0.39 is 0 Å². The molecule has 0 saturated carbocycles. The van der Waals surface area contributed by atoms with Gasteiger partial charge in [0.2, 0.25) is 0 Å². The summed E-state index contributed by atoms with van der Waals surface area (Å²) in [7, 11) is 0. The van der Waals surface area contributed by atoms with Gasteiger partial charge in [0.15, 0.2) is 0 Å². The molecule has 1 heterocycles. The van der Waals surface area contributed by atoms with Crippen molar-refractivity contribution in [2.24, 2.45) is 0 Å². The summed E-state index contributed by atoms with van der Waals surface area (Å²) in [5.41, 5.74) is 10.8. The third kappa shape index (κ3) is 1.42. The maximum absolute atomic E-state index is 6.02. The van der Waals surface area contributed by atoms with Crippen LogP contribution < -0.4 is 11.1 Å². The molecule has 0 bridgehead atoms. The lowest BCUT2D eigenvalue weighted by atomic mass is 9.93. The van der Waals surface area contributed by atoms with E-state index in [-0.39, 0.29) is 0 Å². The zero-order chi connectivity index (χ0) is 9.42. The number of hydrogen-bond donors (Lipinski definition) is 2. The minimum absolute atomic E-state index is 0.499. The van der Waals surface area contributed by atoms with E-state index in [2.05, 4.69) is 31.3 Å². The van der Waals surface area contributed by atoms with Crippen molar-refractivity contribution in [3.8, 4) is 0 Å². The highest BCUT2D eigenvalue weighted by Gasteiger charge is 2.21. The number of benzene rings is 1. The Kier molecular flexibility index (Phi) is 2.00. The molecule has 0 aliphatic carbocycles. The molecule has 0 aromatic heterocycles. The van der Waals surface area contributed by atoms with Crippen molar-refractivity contribution in [2.75, 3.05) is 12.3 Å². The molecular formula is C11H16N2. The molecule has 1 aliphatic rings. The maximum Gasteiger partial charge on any atom is 0.0392 e. The molecule has 13 heavy (non-hydrogen) atoms. The van der Waals surface area contributed by atoms with Crippen LogP contribution in [0.15, 0.2) is 12.1 Å². The van der Waals surface area contributed by atoms with Gasteiger partial charge in [-0.2, -0.15) is 0 Å². The monoisotopic (exact) mass is 176 g/mol. The van der Waals surface area contributed by atoms with Crippen molar-refractivity contribution in [1.29, 1.82) is 0 Å². The van der Waals surface area contributed by atoms with E-state index in [0.717, 1.165) is 12.2 Å². The number of nitrogens with one attached hydrogen (secondary N) is 1. The van der Waals surface area contributed by atoms with Crippen LogP contribution >= 0.6 is 0 Å². The Bertz CT molecular complexity index is 327. The number of rotatable bonds is 1. The molecule has 1 aromatic carbocycles. The molecule has 1 fully saturated rings. The molecular weight excluding hydrogens is 160 g/mol. The van der Waals surface area contributed by atoms with E-state index in [0.29, 0.717) is 6.04 Å². The minimum atomic E-state index is 0.499. The van der Waals surface area contributed by atoms with Gasteiger partial charge in [-0.3, -0.25) is 0 Å². The van der Waals surface area contributed by atoms with Crippen LogP contribution in [0.4, 0.5) is 5.69 Å².